The number of Topliss-reactive ketones (excluding diaryl/α,β-unsaturated/α-hetero) is 1. The monoisotopic (exact) mass is 354 g/mol. The van der Waals surface area contributed by atoms with Crippen molar-refractivity contribution in [3.8, 4) is 5.75 Å². The third-order valence-electron chi connectivity index (χ3n) is 3.70. The van der Waals surface area contributed by atoms with Crippen molar-refractivity contribution in [2.75, 3.05) is 6.61 Å². The molecule has 2 N–H and O–H groups in total. The van der Waals surface area contributed by atoms with Crippen LogP contribution in [0, 0.1) is 6.92 Å². The lowest BCUT2D eigenvalue weighted by Gasteiger charge is -2.08. The summed E-state index contributed by atoms with van der Waals surface area (Å²) >= 11 is 0. The standard InChI is InChI=1S/C20H22N2O4/c1-3-26-17-10-8-16(9-11-17)20(25)22-21-19(24)13-12-18(23)15-6-4-14(2)5-7-15/h4-11H,3,12-13H2,1-2H3,(H,21,24)(H,22,25). The first-order valence-electron chi connectivity index (χ1n) is 8.41. The molecule has 0 heterocycles. The third kappa shape index (κ3) is 5.73. The van der Waals surface area contributed by atoms with Crippen molar-refractivity contribution < 1.29 is 19.1 Å². The van der Waals surface area contributed by atoms with Gasteiger partial charge in [-0.15, -0.1) is 0 Å². The maximum Gasteiger partial charge on any atom is 0.269 e. The molecular weight excluding hydrogens is 332 g/mol. The second-order valence-corrected chi connectivity index (χ2v) is 5.75. The predicted molar refractivity (Wildman–Crippen MR) is 98.0 cm³/mol. The summed E-state index contributed by atoms with van der Waals surface area (Å²) in [7, 11) is 0. The Balaban J connectivity index is 1.76. The number of amides is 2. The van der Waals surface area contributed by atoms with Crippen molar-refractivity contribution in [1.82, 2.24) is 10.9 Å². The molecule has 0 unspecified atom stereocenters. The van der Waals surface area contributed by atoms with E-state index in [1.54, 1.807) is 36.4 Å². The van der Waals surface area contributed by atoms with Crippen LogP contribution < -0.4 is 15.6 Å². The summed E-state index contributed by atoms with van der Waals surface area (Å²) in [5.74, 6) is -0.309. The minimum absolute atomic E-state index is 0.00370. The Bertz CT molecular complexity index is 767. The fourth-order valence-electron chi connectivity index (χ4n) is 2.24. The topological polar surface area (TPSA) is 84.5 Å². The van der Waals surface area contributed by atoms with E-state index in [-0.39, 0.29) is 18.6 Å². The van der Waals surface area contributed by atoms with Gasteiger partial charge in [0.1, 0.15) is 5.75 Å². The molecule has 0 saturated carbocycles. The molecule has 0 fully saturated rings. The smallest absolute Gasteiger partial charge is 0.269 e. The molecule has 26 heavy (non-hydrogen) atoms. The summed E-state index contributed by atoms with van der Waals surface area (Å²) in [6.45, 7) is 4.36. The lowest BCUT2D eigenvalue weighted by atomic mass is 10.1. The van der Waals surface area contributed by atoms with Gasteiger partial charge in [-0.2, -0.15) is 0 Å². The van der Waals surface area contributed by atoms with Gasteiger partial charge in [-0.05, 0) is 38.1 Å². The third-order valence-corrected chi connectivity index (χ3v) is 3.70. The minimum Gasteiger partial charge on any atom is -0.494 e. The Morgan fingerprint density at radius 3 is 2.08 bits per heavy atom. The van der Waals surface area contributed by atoms with Crippen molar-refractivity contribution in [3.05, 3.63) is 65.2 Å². The zero-order chi connectivity index (χ0) is 18.9. The molecule has 0 aliphatic carbocycles. The van der Waals surface area contributed by atoms with Gasteiger partial charge in [-0.25, -0.2) is 0 Å². The molecule has 136 valence electrons. The summed E-state index contributed by atoms with van der Waals surface area (Å²) in [5, 5.41) is 0. The SMILES string of the molecule is CCOc1ccc(C(=O)NNC(=O)CCC(=O)c2ccc(C)cc2)cc1. The quantitative estimate of drug-likeness (QED) is 0.591. The summed E-state index contributed by atoms with van der Waals surface area (Å²) in [6.07, 6.45) is 0.0735. The number of hydrazine groups is 1. The molecule has 2 aromatic carbocycles. The van der Waals surface area contributed by atoms with E-state index in [9.17, 15) is 14.4 Å². The molecule has 0 aliphatic heterocycles. The highest BCUT2D eigenvalue weighted by Gasteiger charge is 2.11. The van der Waals surface area contributed by atoms with E-state index in [0.29, 0.717) is 23.5 Å². The lowest BCUT2D eigenvalue weighted by Crippen LogP contribution is -2.41. The van der Waals surface area contributed by atoms with Crippen LogP contribution in [0.4, 0.5) is 0 Å². The molecule has 0 aromatic heterocycles. The molecule has 2 amide bonds. The molecule has 0 bridgehead atoms. The molecule has 0 spiro atoms. The van der Waals surface area contributed by atoms with Crippen LogP contribution in [0.5, 0.6) is 5.75 Å². The van der Waals surface area contributed by atoms with E-state index >= 15 is 0 Å². The van der Waals surface area contributed by atoms with Crippen molar-refractivity contribution >= 4 is 17.6 Å². The van der Waals surface area contributed by atoms with Gasteiger partial charge in [0.25, 0.3) is 5.91 Å². The first-order chi connectivity index (χ1) is 12.5. The molecule has 0 saturated heterocycles. The van der Waals surface area contributed by atoms with Crippen LogP contribution in [0.25, 0.3) is 0 Å². The Hall–Kier alpha value is -3.15. The fraction of sp³-hybridized carbons (Fsp3) is 0.250. The van der Waals surface area contributed by atoms with Gasteiger partial charge >= 0.3 is 0 Å². The molecule has 6 heteroatoms. The van der Waals surface area contributed by atoms with E-state index in [4.69, 9.17) is 4.74 Å². The van der Waals surface area contributed by atoms with Gasteiger partial charge in [0.2, 0.25) is 5.91 Å². The molecule has 6 nitrogen and oxygen atoms in total. The number of hydrogen-bond acceptors (Lipinski definition) is 4. The van der Waals surface area contributed by atoms with Crippen molar-refractivity contribution in [1.29, 1.82) is 0 Å². The van der Waals surface area contributed by atoms with E-state index < -0.39 is 11.8 Å². The average Bonchev–Trinajstić information content (AvgIpc) is 2.65. The highest BCUT2D eigenvalue weighted by molar-refractivity contribution is 5.98. The Kier molecular flexibility index (Phi) is 6.91. The van der Waals surface area contributed by atoms with Crippen molar-refractivity contribution in [2.24, 2.45) is 0 Å². The number of ketones is 1. The van der Waals surface area contributed by atoms with Crippen LogP contribution in [0.3, 0.4) is 0 Å². The zero-order valence-corrected chi connectivity index (χ0v) is 14.9. The maximum atomic E-state index is 12.0. The van der Waals surface area contributed by atoms with Gasteiger partial charge < -0.3 is 4.74 Å². The molecule has 2 rings (SSSR count). The van der Waals surface area contributed by atoms with E-state index in [2.05, 4.69) is 10.9 Å². The summed E-state index contributed by atoms with van der Waals surface area (Å²) in [5.41, 5.74) is 6.68. The second kappa shape index (κ2) is 9.36. The van der Waals surface area contributed by atoms with Crippen LogP contribution in [-0.2, 0) is 4.79 Å². The highest BCUT2D eigenvalue weighted by Crippen LogP contribution is 2.12. The van der Waals surface area contributed by atoms with E-state index in [0.717, 1.165) is 5.56 Å². The van der Waals surface area contributed by atoms with Crippen LogP contribution in [0.15, 0.2) is 48.5 Å². The Labute approximate surface area is 152 Å². The van der Waals surface area contributed by atoms with Crippen molar-refractivity contribution in [2.45, 2.75) is 26.7 Å². The summed E-state index contributed by atoms with van der Waals surface area (Å²) < 4.78 is 5.30. The number of hydrogen-bond donors (Lipinski definition) is 2. The van der Waals surface area contributed by atoms with Crippen molar-refractivity contribution in [3.63, 3.8) is 0 Å². The number of rotatable bonds is 7. The van der Waals surface area contributed by atoms with Gasteiger partial charge in [-0.1, -0.05) is 29.8 Å². The average molecular weight is 354 g/mol. The van der Waals surface area contributed by atoms with E-state index in [1.807, 2.05) is 26.0 Å². The lowest BCUT2D eigenvalue weighted by molar-refractivity contribution is -0.121. The minimum atomic E-state index is -0.439. The number of carbonyl (C=O) groups excluding carboxylic acids is 3. The number of ether oxygens (including phenoxy) is 1. The van der Waals surface area contributed by atoms with Crippen LogP contribution in [0.2, 0.25) is 0 Å². The van der Waals surface area contributed by atoms with Crippen LogP contribution in [0.1, 0.15) is 46.0 Å². The van der Waals surface area contributed by atoms with Gasteiger partial charge in [0, 0.05) is 24.0 Å². The van der Waals surface area contributed by atoms with E-state index in [1.165, 1.54) is 0 Å². The number of benzene rings is 2. The first-order valence-corrected chi connectivity index (χ1v) is 8.41. The number of aryl methyl sites for hydroxylation is 1. The zero-order valence-electron chi connectivity index (χ0n) is 14.9. The first kappa shape index (κ1) is 19.2. The van der Waals surface area contributed by atoms with Gasteiger partial charge in [0.05, 0.1) is 6.61 Å². The number of carbonyl (C=O) groups is 3. The molecule has 0 aliphatic rings. The van der Waals surface area contributed by atoms with Gasteiger partial charge in [0.15, 0.2) is 5.78 Å². The largest absolute Gasteiger partial charge is 0.494 e. The number of nitrogens with one attached hydrogen (secondary N) is 2. The maximum absolute atomic E-state index is 12.0. The molecule has 2 aromatic rings. The molecular formula is C20H22N2O4. The fourth-order valence-corrected chi connectivity index (χ4v) is 2.24. The normalized spacial score (nSPS) is 10.1. The second-order valence-electron chi connectivity index (χ2n) is 5.75. The summed E-state index contributed by atoms with van der Waals surface area (Å²) in [6, 6.07) is 13.8. The van der Waals surface area contributed by atoms with Gasteiger partial charge in [-0.3, -0.25) is 25.2 Å². The van der Waals surface area contributed by atoms with Crippen LogP contribution in [-0.4, -0.2) is 24.2 Å². The van der Waals surface area contributed by atoms with Crippen LogP contribution >= 0.6 is 0 Å². The molecule has 0 radical (unpaired) electrons. The Morgan fingerprint density at radius 1 is 0.846 bits per heavy atom. The summed E-state index contributed by atoms with van der Waals surface area (Å²) in [4.78, 5) is 35.8. The molecule has 0 atom stereocenters. The predicted octanol–water partition coefficient (Wildman–Crippen LogP) is 2.82. The highest BCUT2D eigenvalue weighted by atomic mass is 16.5. The Morgan fingerprint density at radius 2 is 1.46 bits per heavy atom.